The molecular weight excluding hydrogens is 600 g/mol. The second-order valence-corrected chi connectivity index (χ2v) is 14.0. The maximum absolute atomic E-state index is 12.3. The maximum atomic E-state index is 12.3. The molecular formula is C42H52O6. The molecule has 2 aliphatic carbocycles. The van der Waals surface area contributed by atoms with Crippen LogP contribution >= 0.6 is 0 Å². The highest BCUT2D eigenvalue weighted by Crippen LogP contribution is 2.38. The first-order chi connectivity index (χ1) is 23.3. The van der Waals surface area contributed by atoms with E-state index in [0.29, 0.717) is 0 Å². The molecule has 2 N–H and O–H groups in total. The Morgan fingerprint density at radius 2 is 1.42 bits per heavy atom. The van der Waals surface area contributed by atoms with E-state index in [0.717, 1.165) is 36.7 Å². The Balaban J connectivity index is 1.25. The molecule has 3 aromatic rings. The molecule has 0 radical (unpaired) electrons. The molecule has 0 spiro atoms. The summed E-state index contributed by atoms with van der Waals surface area (Å²) in [6.45, 7) is 6.61. The van der Waals surface area contributed by atoms with Crippen molar-refractivity contribution in [2.75, 3.05) is 26.4 Å². The normalized spacial score (nSPS) is 18.2. The first-order valence-corrected chi connectivity index (χ1v) is 17.9. The number of ether oxygens (including phenoxy) is 2. The predicted molar refractivity (Wildman–Crippen MR) is 191 cm³/mol. The lowest BCUT2D eigenvalue weighted by atomic mass is 9.78. The van der Waals surface area contributed by atoms with Crippen LogP contribution in [0, 0.1) is 17.8 Å². The maximum Gasteiger partial charge on any atom is 0.335 e. The number of hydrogen-bond acceptors (Lipinski definition) is 6. The Labute approximate surface area is 286 Å². The van der Waals surface area contributed by atoms with Gasteiger partial charge in [0, 0.05) is 0 Å². The summed E-state index contributed by atoms with van der Waals surface area (Å²) in [6, 6.07) is 22.1. The van der Waals surface area contributed by atoms with E-state index in [-0.39, 0.29) is 25.4 Å². The van der Waals surface area contributed by atoms with E-state index in [1.807, 2.05) is 6.07 Å². The molecule has 1 saturated carbocycles. The Bertz CT molecular complexity index is 1550. The average molecular weight is 653 g/mol. The van der Waals surface area contributed by atoms with Gasteiger partial charge in [0.1, 0.15) is 13.2 Å². The summed E-state index contributed by atoms with van der Waals surface area (Å²) in [4.78, 5) is 24.5. The number of esters is 2. The molecule has 6 heteroatoms. The van der Waals surface area contributed by atoms with Gasteiger partial charge >= 0.3 is 11.9 Å². The highest BCUT2D eigenvalue weighted by atomic mass is 16.5. The second kappa shape index (κ2) is 17.1. The second-order valence-electron chi connectivity index (χ2n) is 14.0. The van der Waals surface area contributed by atoms with Gasteiger partial charge in [-0.3, -0.25) is 4.79 Å². The lowest BCUT2D eigenvalue weighted by Crippen LogP contribution is -2.24. The largest absolute Gasteiger partial charge is 0.465 e. The van der Waals surface area contributed by atoms with Gasteiger partial charge in [-0.1, -0.05) is 113 Å². The number of aryl methyl sites for hydroxylation is 3. The van der Waals surface area contributed by atoms with Crippen LogP contribution in [0.1, 0.15) is 87.0 Å². The van der Waals surface area contributed by atoms with Crippen LogP contribution in [0.3, 0.4) is 0 Å². The highest BCUT2D eigenvalue weighted by molar-refractivity contribution is 5.88. The van der Waals surface area contributed by atoms with Crippen LogP contribution in [0.4, 0.5) is 0 Å². The number of hydrogen-bond donors (Lipinski definition) is 2. The number of fused-ring (bicyclic) bond motifs is 3. The third-order valence-corrected chi connectivity index (χ3v) is 10.4. The minimum Gasteiger partial charge on any atom is -0.465 e. The number of rotatable bonds is 15. The number of benzene rings is 3. The average Bonchev–Trinajstić information content (AvgIpc) is 3.13. The minimum absolute atomic E-state index is 0.000370. The fourth-order valence-electron chi connectivity index (χ4n) is 7.28. The molecule has 5 rings (SSSR count). The van der Waals surface area contributed by atoms with Gasteiger partial charge in [-0.25, -0.2) is 4.79 Å². The minimum atomic E-state index is -0.685. The van der Waals surface area contributed by atoms with Crippen molar-refractivity contribution in [3.05, 3.63) is 95.1 Å². The van der Waals surface area contributed by atoms with Crippen LogP contribution in [0.25, 0.3) is 22.3 Å². The van der Waals surface area contributed by atoms with Crippen molar-refractivity contribution in [2.24, 2.45) is 17.8 Å². The summed E-state index contributed by atoms with van der Waals surface area (Å²) in [5.74, 6) is -0.394. The number of carbonyl (C=O) groups excluding carboxylic acids is 2. The van der Waals surface area contributed by atoms with E-state index in [1.165, 1.54) is 83.9 Å². The van der Waals surface area contributed by atoms with Crippen LogP contribution < -0.4 is 0 Å². The Morgan fingerprint density at radius 3 is 2.06 bits per heavy atom. The van der Waals surface area contributed by atoms with E-state index in [1.54, 1.807) is 6.92 Å². The molecule has 0 bridgehead atoms. The van der Waals surface area contributed by atoms with Crippen molar-refractivity contribution in [2.45, 2.75) is 84.0 Å². The molecule has 0 saturated heterocycles. The zero-order valence-electron chi connectivity index (χ0n) is 28.7. The Kier molecular flexibility index (Phi) is 12.7. The zero-order valence-corrected chi connectivity index (χ0v) is 28.7. The molecule has 2 unspecified atom stereocenters. The monoisotopic (exact) mass is 652 g/mol. The van der Waals surface area contributed by atoms with Crippen molar-refractivity contribution in [1.82, 2.24) is 0 Å². The smallest absolute Gasteiger partial charge is 0.335 e. The third kappa shape index (κ3) is 9.03. The molecule has 3 aromatic carbocycles. The fraction of sp³-hybridized carbons (Fsp3) is 0.476. The van der Waals surface area contributed by atoms with Gasteiger partial charge < -0.3 is 19.7 Å². The van der Waals surface area contributed by atoms with E-state index in [9.17, 15) is 19.8 Å². The summed E-state index contributed by atoms with van der Waals surface area (Å²) in [6.07, 6.45) is 12.6. The fourth-order valence-corrected chi connectivity index (χ4v) is 7.28. The molecule has 2 aliphatic rings. The summed E-state index contributed by atoms with van der Waals surface area (Å²) < 4.78 is 10.9. The van der Waals surface area contributed by atoms with Gasteiger partial charge in [-0.2, -0.15) is 0 Å². The van der Waals surface area contributed by atoms with E-state index in [4.69, 9.17) is 9.47 Å². The molecule has 6 nitrogen and oxygen atoms in total. The third-order valence-electron chi connectivity index (χ3n) is 10.4. The van der Waals surface area contributed by atoms with Crippen molar-refractivity contribution in [3.8, 4) is 22.3 Å². The molecule has 0 aliphatic heterocycles. The molecule has 0 amide bonds. The van der Waals surface area contributed by atoms with Gasteiger partial charge in [0.2, 0.25) is 0 Å². The van der Waals surface area contributed by atoms with Crippen molar-refractivity contribution in [3.63, 3.8) is 0 Å². The van der Waals surface area contributed by atoms with Crippen LogP contribution in [0.2, 0.25) is 0 Å². The molecule has 1 fully saturated rings. The lowest BCUT2D eigenvalue weighted by Gasteiger charge is -2.28. The SMILES string of the molecule is C=C(CO)C(=O)OCC(COC(=O)C(C)CO)c1ccc2c(c1)CCc1cc(-c3ccc(CCC4CCC(CCC)CC4)cc3)ccc1-2. The van der Waals surface area contributed by atoms with Crippen molar-refractivity contribution in [1.29, 1.82) is 0 Å². The van der Waals surface area contributed by atoms with Crippen LogP contribution in [-0.4, -0.2) is 48.6 Å². The summed E-state index contributed by atoms with van der Waals surface area (Å²) in [5.41, 5.74) is 9.70. The molecule has 2 atom stereocenters. The zero-order chi connectivity index (χ0) is 34.0. The first-order valence-electron chi connectivity index (χ1n) is 17.9. The van der Waals surface area contributed by atoms with E-state index < -0.39 is 30.4 Å². The van der Waals surface area contributed by atoms with Crippen LogP contribution in [-0.2, 0) is 38.3 Å². The van der Waals surface area contributed by atoms with Gasteiger partial charge in [0.15, 0.2) is 0 Å². The van der Waals surface area contributed by atoms with E-state index in [2.05, 4.69) is 68.1 Å². The number of aliphatic hydroxyl groups excluding tert-OH is 2. The topological polar surface area (TPSA) is 93.1 Å². The Morgan fingerprint density at radius 1 is 0.812 bits per heavy atom. The number of aliphatic hydroxyl groups is 2. The molecule has 0 aromatic heterocycles. The highest BCUT2D eigenvalue weighted by Gasteiger charge is 2.24. The number of carbonyl (C=O) groups is 2. The van der Waals surface area contributed by atoms with Gasteiger partial charge in [0.25, 0.3) is 0 Å². The van der Waals surface area contributed by atoms with Gasteiger partial charge in [0.05, 0.1) is 30.6 Å². The van der Waals surface area contributed by atoms with Crippen molar-refractivity contribution < 1.29 is 29.3 Å². The summed E-state index contributed by atoms with van der Waals surface area (Å²) in [7, 11) is 0. The molecule has 256 valence electrons. The molecule has 48 heavy (non-hydrogen) atoms. The van der Waals surface area contributed by atoms with Crippen LogP contribution in [0.15, 0.2) is 72.8 Å². The standard InChI is InChI=1S/C42H52O6/c1-4-5-30-6-8-31(9-7-30)10-11-32-12-14-33(15-13-32)34-18-20-39-36(22-34)16-17-37-23-35(19-21-40(37)39)38(26-47-41(45)28(2)24-43)27-48-42(46)29(3)25-44/h12-15,18-23,29-31,38,43-44H,2,4-11,16-17,24-27H2,1,3H3. The Hall–Kier alpha value is -3.74. The predicted octanol–water partition coefficient (Wildman–Crippen LogP) is 8.01. The summed E-state index contributed by atoms with van der Waals surface area (Å²) in [5, 5.41) is 18.6. The lowest BCUT2D eigenvalue weighted by molar-refractivity contribution is -0.150. The van der Waals surface area contributed by atoms with E-state index >= 15 is 0 Å². The van der Waals surface area contributed by atoms with Crippen molar-refractivity contribution >= 4 is 11.9 Å². The van der Waals surface area contributed by atoms with Gasteiger partial charge in [-0.15, -0.1) is 0 Å². The first kappa shape index (κ1) is 35.6. The summed E-state index contributed by atoms with van der Waals surface area (Å²) >= 11 is 0. The van der Waals surface area contributed by atoms with Crippen LogP contribution in [0.5, 0.6) is 0 Å². The molecule has 0 heterocycles. The van der Waals surface area contributed by atoms with Gasteiger partial charge in [-0.05, 0) is 89.0 Å². The quantitative estimate of drug-likeness (QED) is 0.128.